The van der Waals surface area contributed by atoms with Crippen molar-refractivity contribution >= 4 is 38.2 Å². The monoisotopic (exact) mass is 525 g/mol. The number of aromatic nitrogens is 3. The first kappa shape index (κ1) is 23.3. The highest BCUT2D eigenvalue weighted by Gasteiger charge is 2.35. The highest BCUT2D eigenvalue weighted by Crippen LogP contribution is 2.46. The zero-order chi connectivity index (χ0) is 26.2. The Kier molecular flexibility index (Phi) is 5.03. The summed E-state index contributed by atoms with van der Waals surface area (Å²) >= 11 is 0. The molecule has 0 unspecified atom stereocenters. The lowest BCUT2D eigenvalue weighted by atomic mass is 9.93. The molecule has 0 saturated carbocycles. The van der Waals surface area contributed by atoms with E-state index in [1.54, 1.807) is 25.5 Å². The molecule has 1 atom stereocenters. The summed E-state index contributed by atoms with van der Waals surface area (Å²) < 4.78 is 55.7. The molecule has 0 spiro atoms. The second-order valence-electron chi connectivity index (χ2n) is 9.39. The first-order valence-electron chi connectivity index (χ1n) is 11.5. The number of sulfone groups is 1. The van der Waals surface area contributed by atoms with Gasteiger partial charge in [0.05, 0.1) is 23.7 Å². The third-order valence-electron chi connectivity index (χ3n) is 7.01. The van der Waals surface area contributed by atoms with Gasteiger partial charge in [-0.1, -0.05) is 0 Å². The number of carbonyl (C=O) groups is 1. The van der Waals surface area contributed by atoms with Gasteiger partial charge in [0.25, 0.3) is 11.5 Å². The zero-order valence-electron chi connectivity index (χ0n) is 19.8. The van der Waals surface area contributed by atoms with Gasteiger partial charge >= 0.3 is 0 Å². The van der Waals surface area contributed by atoms with Crippen molar-refractivity contribution in [2.24, 2.45) is 7.05 Å². The van der Waals surface area contributed by atoms with E-state index in [1.165, 1.54) is 15.5 Å². The summed E-state index contributed by atoms with van der Waals surface area (Å²) in [6.45, 7) is 0.221. The van der Waals surface area contributed by atoms with Crippen LogP contribution < -0.4 is 15.8 Å². The van der Waals surface area contributed by atoms with Crippen LogP contribution in [0.2, 0.25) is 0 Å². The van der Waals surface area contributed by atoms with Gasteiger partial charge in [0, 0.05) is 60.4 Å². The standard InChI is InChI=1S/C25H21F2N5O4S/c1-31-11-17-14-6-15-16(24(33)28-4-3-20(15)37(2,35)36)7-19(14)32(23-18(27)5-13(26)9-30-23)10-12-8-29-22(21(12)17)25(31)34/h5-9,11,20,29H,3-4,10H2,1-2H3,(H,28,33)/t20-/m1/s1. The topological polar surface area (TPSA) is 117 Å². The summed E-state index contributed by atoms with van der Waals surface area (Å²) in [6, 6.07) is 3.88. The van der Waals surface area contributed by atoms with E-state index in [1.807, 2.05) is 0 Å². The third-order valence-corrected chi connectivity index (χ3v) is 8.53. The minimum absolute atomic E-state index is 0.0542. The number of carbonyl (C=O) groups excluding carboxylic acids is 1. The molecule has 9 nitrogen and oxygen atoms in total. The fraction of sp³-hybridized carbons (Fsp3) is 0.240. The molecule has 1 amide bonds. The lowest BCUT2D eigenvalue weighted by molar-refractivity contribution is 0.0956. The first-order valence-corrected chi connectivity index (χ1v) is 13.4. The fourth-order valence-corrected chi connectivity index (χ4v) is 6.53. The molecular weight excluding hydrogens is 504 g/mol. The Morgan fingerprint density at radius 2 is 1.89 bits per heavy atom. The maximum atomic E-state index is 15.1. The number of nitrogens with zero attached hydrogens (tertiary/aromatic N) is 3. The van der Waals surface area contributed by atoms with Crippen LogP contribution in [0.5, 0.6) is 0 Å². The maximum Gasteiger partial charge on any atom is 0.274 e. The lowest BCUT2D eigenvalue weighted by Gasteiger charge is -2.27. The third kappa shape index (κ3) is 3.54. The van der Waals surface area contributed by atoms with Gasteiger partial charge in [-0.25, -0.2) is 22.2 Å². The number of aromatic amines is 1. The van der Waals surface area contributed by atoms with Gasteiger partial charge in [0.1, 0.15) is 11.3 Å². The number of hydrogen-bond acceptors (Lipinski definition) is 6. The molecule has 6 rings (SSSR count). The van der Waals surface area contributed by atoms with E-state index >= 15 is 4.39 Å². The molecule has 3 aromatic heterocycles. The Morgan fingerprint density at radius 1 is 1.11 bits per heavy atom. The van der Waals surface area contributed by atoms with Crippen LogP contribution >= 0.6 is 0 Å². The number of fused-ring (bicyclic) bond motifs is 3. The van der Waals surface area contributed by atoms with Crippen molar-refractivity contribution in [2.45, 2.75) is 18.2 Å². The maximum absolute atomic E-state index is 15.1. The van der Waals surface area contributed by atoms with Crippen LogP contribution in [0.1, 0.15) is 33.2 Å². The highest BCUT2D eigenvalue weighted by atomic mass is 32.2. The average molecular weight is 526 g/mol. The van der Waals surface area contributed by atoms with E-state index in [9.17, 15) is 22.4 Å². The number of H-pyrrole nitrogens is 1. The normalized spacial score (nSPS) is 17.1. The van der Waals surface area contributed by atoms with Crippen molar-refractivity contribution in [1.82, 2.24) is 19.9 Å². The van der Waals surface area contributed by atoms with E-state index in [-0.39, 0.29) is 36.5 Å². The molecule has 0 fully saturated rings. The average Bonchev–Trinajstić information content (AvgIpc) is 3.11. The van der Waals surface area contributed by atoms with Crippen molar-refractivity contribution in [1.29, 1.82) is 0 Å². The number of anilines is 2. The van der Waals surface area contributed by atoms with Crippen LogP contribution in [0.15, 0.2) is 41.6 Å². The van der Waals surface area contributed by atoms with Gasteiger partial charge in [-0.2, -0.15) is 0 Å². The smallest absolute Gasteiger partial charge is 0.274 e. The Hall–Kier alpha value is -4.06. The van der Waals surface area contributed by atoms with Crippen LogP contribution in [0, 0.1) is 11.6 Å². The zero-order valence-corrected chi connectivity index (χ0v) is 20.6. The largest absolute Gasteiger partial charge is 0.356 e. The van der Waals surface area contributed by atoms with Crippen molar-refractivity contribution < 1.29 is 22.0 Å². The summed E-state index contributed by atoms with van der Waals surface area (Å²) in [5.41, 5.74) is 2.66. The fourth-order valence-electron chi connectivity index (χ4n) is 5.33. The van der Waals surface area contributed by atoms with Crippen LogP contribution in [-0.4, -0.2) is 41.7 Å². The number of nitrogens with one attached hydrogen (secondary N) is 2. The molecule has 37 heavy (non-hydrogen) atoms. The number of benzene rings is 1. The van der Waals surface area contributed by atoms with E-state index < -0.39 is 32.6 Å². The molecule has 12 heteroatoms. The SMILES string of the molecule is Cn1cc2c3c(c[nH]c3c1=O)CN(c1ncc(F)cc1F)c1cc3c(cc1-2)[C@H](S(C)(=O)=O)CCNC3=O. The number of amides is 1. The van der Waals surface area contributed by atoms with Crippen molar-refractivity contribution in [2.75, 3.05) is 17.7 Å². The van der Waals surface area contributed by atoms with Gasteiger partial charge in [0.2, 0.25) is 0 Å². The molecule has 2 aliphatic heterocycles. The molecule has 0 radical (unpaired) electrons. The summed E-state index contributed by atoms with van der Waals surface area (Å²) in [6.07, 6.45) is 5.49. The predicted molar refractivity (Wildman–Crippen MR) is 134 cm³/mol. The summed E-state index contributed by atoms with van der Waals surface area (Å²) in [4.78, 5) is 34.4. The molecule has 5 heterocycles. The van der Waals surface area contributed by atoms with E-state index in [0.29, 0.717) is 38.8 Å². The Bertz CT molecular complexity index is 1810. The second kappa shape index (κ2) is 7.97. The van der Waals surface area contributed by atoms with Gasteiger partial charge in [0.15, 0.2) is 21.5 Å². The van der Waals surface area contributed by atoms with Gasteiger partial charge in [-0.05, 0) is 29.7 Å². The number of rotatable bonds is 2. The summed E-state index contributed by atoms with van der Waals surface area (Å²) in [5.74, 6) is -2.38. The Balaban J connectivity index is 1.75. The van der Waals surface area contributed by atoms with Crippen LogP contribution in [-0.2, 0) is 23.4 Å². The van der Waals surface area contributed by atoms with Gasteiger partial charge < -0.3 is 19.8 Å². The molecule has 2 aliphatic rings. The van der Waals surface area contributed by atoms with Crippen LogP contribution in [0.4, 0.5) is 20.3 Å². The van der Waals surface area contributed by atoms with Crippen LogP contribution in [0.3, 0.4) is 0 Å². The molecular formula is C25H21F2N5O4S. The highest BCUT2D eigenvalue weighted by molar-refractivity contribution is 7.90. The lowest BCUT2D eigenvalue weighted by Crippen LogP contribution is -2.24. The number of halogens is 2. The van der Waals surface area contributed by atoms with Gasteiger partial charge in [-0.3, -0.25) is 9.59 Å². The summed E-state index contributed by atoms with van der Waals surface area (Å²) in [7, 11) is -2.00. The minimum Gasteiger partial charge on any atom is -0.356 e. The van der Waals surface area contributed by atoms with Crippen molar-refractivity contribution in [3.05, 3.63) is 75.5 Å². The molecule has 190 valence electrons. The van der Waals surface area contributed by atoms with Crippen molar-refractivity contribution in [3.8, 4) is 11.1 Å². The second-order valence-corrected chi connectivity index (χ2v) is 11.6. The quantitative estimate of drug-likeness (QED) is 0.416. The van der Waals surface area contributed by atoms with Crippen molar-refractivity contribution in [3.63, 3.8) is 0 Å². The molecule has 1 aromatic carbocycles. The Morgan fingerprint density at radius 3 is 2.62 bits per heavy atom. The molecule has 0 bridgehead atoms. The molecule has 2 N–H and O–H groups in total. The van der Waals surface area contributed by atoms with E-state index in [4.69, 9.17) is 0 Å². The van der Waals surface area contributed by atoms with Crippen LogP contribution in [0.25, 0.3) is 22.0 Å². The predicted octanol–water partition coefficient (Wildman–Crippen LogP) is 3.08. The molecule has 0 saturated heterocycles. The van der Waals surface area contributed by atoms with E-state index in [0.717, 1.165) is 18.5 Å². The number of aryl methyl sites for hydroxylation is 1. The molecule has 4 aromatic rings. The number of hydrogen-bond donors (Lipinski definition) is 2. The number of pyridine rings is 2. The minimum atomic E-state index is -3.60. The summed E-state index contributed by atoms with van der Waals surface area (Å²) in [5, 5.41) is 2.39. The van der Waals surface area contributed by atoms with E-state index in [2.05, 4.69) is 15.3 Å². The molecule has 0 aliphatic carbocycles. The Labute approximate surface area is 209 Å². The first-order chi connectivity index (χ1) is 17.5. The van der Waals surface area contributed by atoms with Gasteiger partial charge in [-0.15, -0.1) is 0 Å².